The third-order valence-electron chi connectivity index (χ3n) is 4.91. The first kappa shape index (κ1) is 20.6. The van der Waals surface area contributed by atoms with Gasteiger partial charge in [-0.25, -0.2) is 5.43 Å². The molecule has 0 saturated heterocycles. The van der Waals surface area contributed by atoms with Crippen molar-refractivity contribution in [1.29, 1.82) is 0 Å². The number of amides is 1. The van der Waals surface area contributed by atoms with Gasteiger partial charge >= 0.3 is 0 Å². The molecule has 1 heterocycles. The van der Waals surface area contributed by atoms with E-state index in [1.165, 1.54) is 0 Å². The van der Waals surface area contributed by atoms with Gasteiger partial charge in [-0.1, -0.05) is 59.7 Å². The number of aromatic amines is 1. The molecule has 5 heteroatoms. The Bertz CT molecular complexity index is 1010. The standard InChI is InChI=1S/C24H29N3O2/c1-23(2,3)18-12-16(13-19(21(18)28)24(4,5)6)22(29)27-25-14-17-11-15-9-7-8-10-20(15)26-17/h7-14,26,28H,1-6H3,(H,27,29)/b25-14+. The number of hydrogen-bond donors (Lipinski definition) is 3. The van der Waals surface area contributed by atoms with Crippen LogP contribution in [0.2, 0.25) is 0 Å². The molecule has 3 aromatic rings. The molecule has 0 aliphatic rings. The van der Waals surface area contributed by atoms with Gasteiger partial charge in [0.15, 0.2) is 0 Å². The number of nitrogens with one attached hydrogen (secondary N) is 2. The number of aromatic nitrogens is 1. The summed E-state index contributed by atoms with van der Waals surface area (Å²) in [5, 5.41) is 16.0. The van der Waals surface area contributed by atoms with Gasteiger partial charge < -0.3 is 10.1 Å². The lowest BCUT2D eigenvalue weighted by atomic mass is 9.78. The maximum atomic E-state index is 12.8. The topological polar surface area (TPSA) is 77.5 Å². The first-order valence-corrected chi connectivity index (χ1v) is 9.76. The predicted molar refractivity (Wildman–Crippen MR) is 119 cm³/mol. The molecule has 0 fully saturated rings. The summed E-state index contributed by atoms with van der Waals surface area (Å²) < 4.78 is 0. The zero-order chi connectivity index (χ0) is 21.4. The maximum absolute atomic E-state index is 12.8. The van der Waals surface area contributed by atoms with Crippen molar-refractivity contribution in [3.05, 3.63) is 64.8 Å². The number of rotatable bonds is 3. The van der Waals surface area contributed by atoms with Gasteiger partial charge in [0.25, 0.3) is 5.91 Å². The van der Waals surface area contributed by atoms with E-state index in [-0.39, 0.29) is 22.5 Å². The molecule has 0 bridgehead atoms. The SMILES string of the molecule is CC(C)(C)c1cc(C(=O)N/N=C/c2cc3ccccc3[nH]2)cc(C(C)(C)C)c1O. The minimum Gasteiger partial charge on any atom is -0.507 e. The Balaban J connectivity index is 1.88. The second kappa shape index (κ2) is 7.39. The van der Waals surface area contributed by atoms with Crippen molar-refractivity contribution >= 4 is 23.0 Å². The molecular weight excluding hydrogens is 362 g/mol. The van der Waals surface area contributed by atoms with E-state index in [1.54, 1.807) is 18.3 Å². The number of aromatic hydroxyl groups is 1. The number of benzene rings is 2. The molecular formula is C24H29N3O2. The highest BCUT2D eigenvalue weighted by molar-refractivity contribution is 5.96. The fourth-order valence-electron chi connectivity index (χ4n) is 3.30. The maximum Gasteiger partial charge on any atom is 0.271 e. The van der Waals surface area contributed by atoms with E-state index < -0.39 is 0 Å². The van der Waals surface area contributed by atoms with Crippen LogP contribution in [0.25, 0.3) is 10.9 Å². The zero-order valence-corrected chi connectivity index (χ0v) is 17.9. The molecule has 0 saturated carbocycles. The molecule has 152 valence electrons. The van der Waals surface area contributed by atoms with Crippen molar-refractivity contribution in [3.63, 3.8) is 0 Å². The van der Waals surface area contributed by atoms with E-state index in [0.717, 1.165) is 27.7 Å². The summed E-state index contributed by atoms with van der Waals surface area (Å²) in [6.07, 6.45) is 1.59. The van der Waals surface area contributed by atoms with Gasteiger partial charge in [0.05, 0.1) is 11.9 Å². The smallest absolute Gasteiger partial charge is 0.271 e. The summed E-state index contributed by atoms with van der Waals surface area (Å²) in [6.45, 7) is 12.1. The lowest BCUT2D eigenvalue weighted by Crippen LogP contribution is -2.22. The van der Waals surface area contributed by atoms with Crippen molar-refractivity contribution in [3.8, 4) is 5.75 Å². The van der Waals surface area contributed by atoms with Gasteiger partial charge in [-0.3, -0.25) is 4.79 Å². The van der Waals surface area contributed by atoms with E-state index in [4.69, 9.17) is 0 Å². The van der Waals surface area contributed by atoms with E-state index in [2.05, 4.69) is 15.5 Å². The van der Waals surface area contributed by atoms with Gasteiger partial charge in [-0.15, -0.1) is 0 Å². The van der Waals surface area contributed by atoms with Gasteiger partial charge in [-0.05, 0) is 35.1 Å². The molecule has 0 unspecified atom stereocenters. The highest BCUT2D eigenvalue weighted by atomic mass is 16.3. The molecule has 2 aromatic carbocycles. The molecule has 1 amide bonds. The number of H-pyrrole nitrogens is 1. The van der Waals surface area contributed by atoms with Gasteiger partial charge in [-0.2, -0.15) is 5.10 Å². The Hall–Kier alpha value is -3.08. The van der Waals surface area contributed by atoms with Crippen LogP contribution in [-0.4, -0.2) is 22.2 Å². The Morgan fingerprint density at radius 2 is 1.59 bits per heavy atom. The average molecular weight is 392 g/mol. The highest BCUT2D eigenvalue weighted by Gasteiger charge is 2.27. The van der Waals surface area contributed by atoms with Crippen LogP contribution in [0.4, 0.5) is 0 Å². The summed E-state index contributed by atoms with van der Waals surface area (Å²) in [4.78, 5) is 16.0. The van der Waals surface area contributed by atoms with Crippen molar-refractivity contribution in [2.75, 3.05) is 0 Å². The number of para-hydroxylation sites is 1. The number of fused-ring (bicyclic) bond motifs is 1. The second-order valence-corrected chi connectivity index (χ2v) is 9.43. The third-order valence-corrected chi connectivity index (χ3v) is 4.91. The van der Waals surface area contributed by atoms with E-state index in [1.807, 2.05) is 71.9 Å². The molecule has 1 aromatic heterocycles. The van der Waals surface area contributed by atoms with E-state index in [0.29, 0.717) is 5.56 Å². The lowest BCUT2D eigenvalue weighted by molar-refractivity contribution is 0.0955. The average Bonchev–Trinajstić information content (AvgIpc) is 3.02. The Morgan fingerprint density at radius 3 is 2.14 bits per heavy atom. The van der Waals surface area contributed by atoms with Crippen LogP contribution in [0.15, 0.2) is 47.6 Å². The minimum atomic E-state index is -0.312. The summed E-state index contributed by atoms with van der Waals surface area (Å²) in [7, 11) is 0. The first-order valence-electron chi connectivity index (χ1n) is 9.76. The number of phenols is 1. The number of phenolic OH excluding ortho intramolecular Hbond substituents is 1. The predicted octanol–water partition coefficient (Wildman–Crippen LogP) is 5.23. The third kappa shape index (κ3) is 4.50. The van der Waals surface area contributed by atoms with Crippen LogP contribution in [0.1, 0.15) is 68.7 Å². The number of hydrazone groups is 1. The molecule has 3 N–H and O–H groups in total. The fraction of sp³-hybridized carbons (Fsp3) is 0.333. The molecule has 3 rings (SSSR count). The van der Waals surface area contributed by atoms with E-state index in [9.17, 15) is 9.90 Å². The minimum absolute atomic E-state index is 0.253. The zero-order valence-electron chi connectivity index (χ0n) is 17.9. The van der Waals surface area contributed by atoms with Gasteiger partial charge in [0.1, 0.15) is 5.75 Å². The second-order valence-electron chi connectivity index (χ2n) is 9.43. The molecule has 0 radical (unpaired) electrons. The number of carbonyl (C=O) groups is 1. The summed E-state index contributed by atoms with van der Waals surface area (Å²) >= 11 is 0. The summed E-state index contributed by atoms with van der Waals surface area (Å²) in [6, 6.07) is 13.4. The van der Waals surface area contributed by atoms with Crippen LogP contribution in [0.5, 0.6) is 5.75 Å². The Kier molecular flexibility index (Phi) is 5.26. The number of hydrogen-bond acceptors (Lipinski definition) is 3. The normalized spacial score (nSPS) is 12.6. The molecule has 0 atom stereocenters. The van der Waals surface area contributed by atoms with Crippen LogP contribution < -0.4 is 5.43 Å². The number of nitrogens with zero attached hydrogens (tertiary/aromatic N) is 1. The van der Waals surface area contributed by atoms with Crippen LogP contribution in [-0.2, 0) is 10.8 Å². The molecule has 5 nitrogen and oxygen atoms in total. The van der Waals surface area contributed by atoms with Gasteiger partial charge in [0.2, 0.25) is 0 Å². The Morgan fingerprint density at radius 1 is 1.00 bits per heavy atom. The largest absolute Gasteiger partial charge is 0.507 e. The van der Waals surface area contributed by atoms with Crippen LogP contribution in [0, 0.1) is 0 Å². The fourth-order valence-corrected chi connectivity index (χ4v) is 3.30. The first-order chi connectivity index (χ1) is 13.5. The van der Waals surface area contributed by atoms with Crippen molar-refractivity contribution in [2.24, 2.45) is 5.10 Å². The summed E-state index contributed by atoms with van der Waals surface area (Å²) in [5.74, 6) is -0.0588. The van der Waals surface area contributed by atoms with Crippen LogP contribution in [0.3, 0.4) is 0 Å². The molecule has 0 spiro atoms. The highest BCUT2D eigenvalue weighted by Crippen LogP contribution is 2.39. The van der Waals surface area contributed by atoms with Crippen molar-refractivity contribution in [1.82, 2.24) is 10.4 Å². The van der Waals surface area contributed by atoms with Gasteiger partial charge in [0, 0.05) is 27.6 Å². The quantitative estimate of drug-likeness (QED) is 0.422. The monoisotopic (exact) mass is 391 g/mol. The Labute approximate surface area is 171 Å². The van der Waals surface area contributed by atoms with Crippen molar-refractivity contribution in [2.45, 2.75) is 52.4 Å². The van der Waals surface area contributed by atoms with E-state index >= 15 is 0 Å². The lowest BCUT2D eigenvalue weighted by Gasteiger charge is -2.28. The molecule has 29 heavy (non-hydrogen) atoms. The molecule has 0 aliphatic carbocycles. The van der Waals surface area contributed by atoms with Crippen molar-refractivity contribution < 1.29 is 9.90 Å². The van der Waals surface area contributed by atoms with Crippen LogP contribution >= 0.6 is 0 Å². The number of carbonyl (C=O) groups excluding carboxylic acids is 1. The summed E-state index contributed by atoms with van der Waals surface area (Å²) in [5.41, 5.74) is 5.80. The molecule has 0 aliphatic heterocycles.